The maximum atomic E-state index is 12.7. The quantitative estimate of drug-likeness (QED) is 0.380. The largest absolute Gasteiger partial charge is 0.383 e. The van der Waals surface area contributed by atoms with E-state index in [1.807, 2.05) is 0 Å². The summed E-state index contributed by atoms with van der Waals surface area (Å²) in [5.41, 5.74) is 2.21. The van der Waals surface area contributed by atoms with E-state index in [9.17, 15) is 19.7 Å². The zero-order chi connectivity index (χ0) is 21.0. The summed E-state index contributed by atoms with van der Waals surface area (Å²) in [6, 6.07) is 4.32. The number of anilines is 1. The third-order valence-corrected chi connectivity index (χ3v) is 5.41. The van der Waals surface area contributed by atoms with Gasteiger partial charge in [-0.1, -0.05) is 6.07 Å². The molecule has 1 aromatic heterocycles. The van der Waals surface area contributed by atoms with Crippen molar-refractivity contribution in [3.63, 3.8) is 0 Å². The van der Waals surface area contributed by atoms with Crippen LogP contribution in [0.3, 0.4) is 0 Å². The SMILES string of the molecule is COCCNC(=O)Cn1nc2c(c1NC(=O)c1ccc(C)c([N+](=O)[O-])c1)CSC2. The molecule has 3 rings (SSSR count). The molecule has 154 valence electrons. The number of amides is 2. The van der Waals surface area contributed by atoms with E-state index in [0.29, 0.717) is 36.0 Å². The monoisotopic (exact) mass is 419 g/mol. The van der Waals surface area contributed by atoms with Crippen LogP contribution in [-0.2, 0) is 27.6 Å². The van der Waals surface area contributed by atoms with Gasteiger partial charge in [0.25, 0.3) is 11.6 Å². The number of thioether (sulfide) groups is 1. The molecule has 0 atom stereocenters. The van der Waals surface area contributed by atoms with Crippen molar-refractivity contribution in [3.05, 3.63) is 50.7 Å². The Morgan fingerprint density at radius 2 is 2.17 bits per heavy atom. The van der Waals surface area contributed by atoms with Crippen LogP contribution in [0.5, 0.6) is 0 Å². The molecule has 2 aromatic rings. The number of aromatic nitrogens is 2. The fourth-order valence-electron chi connectivity index (χ4n) is 2.93. The van der Waals surface area contributed by atoms with E-state index >= 15 is 0 Å². The first-order valence-corrected chi connectivity index (χ1v) is 10.0. The number of benzene rings is 1. The number of hydrogen-bond acceptors (Lipinski definition) is 7. The topological polar surface area (TPSA) is 128 Å². The Morgan fingerprint density at radius 1 is 1.38 bits per heavy atom. The van der Waals surface area contributed by atoms with E-state index < -0.39 is 10.8 Å². The molecule has 1 aromatic carbocycles. The predicted molar refractivity (Wildman–Crippen MR) is 108 cm³/mol. The molecule has 2 heterocycles. The smallest absolute Gasteiger partial charge is 0.273 e. The van der Waals surface area contributed by atoms with Gasteiger partial charge in [0.1, 0.15) is 12.4 Å². The Kier molecular flexibility index (Phi) is 6.49. The second kappa shape index (κ2) is 9.05. The number of nitrogens with zero attached hydrogens (tertiary/aromatic N) is 3. The van der Waals surface area contributed by atoms with Crippen LogP contribution in [-0.4, -0.2) is 46.8 Å². The van der Waals surface area contributed by atoms with Crippen LogP contribution >= 0.6 is 11.8 Å². The third-order valence-electron chi connectivity index (χ3n) is 4.44. The van der Waals surface area contributed by atoms with E-state index in [2.05, 4.69) is 15.7 Å². The fourth-order valence-corrected chi connectivity index (χ4v) is 3.97. The molecule has 0 bridgehead atoms. The van der Waals surface area contributed by atoms with Gasteiger partial charge in [0.2, 0.25) is 5.91 Å². The van der Waals surface area contributed by atoms with Crippen molar-refractivity contribution in [2.75, 3.05) is 25.6 Å². The summed E-state index contributed by atoms with van der Waals surface area (Å²) < 4.78 is 6.37. The number of carbonyl (C=O) groups is 2. The number of methoxy groups -OCH3 is 1. The summed E-state index contributed by atoms with van der Waals surface area (Å²) >= 11 is 1.67. The average Bonchev–Trinajstić information content (AvgIpc) is 3.25. The van der Waals surface area contributed by atoms with Crippen LogP contribution in [0.15, 0.2) is 18.2 Å². The fraction of sp³-hybridized carbons (Fsp3) is 0.389. The second-order valence-corrected chi connectivity index (χ2v) is 7.47. The number of nitro groups is 1. The molecule has 0 aliphatic carbocycles. The van der Waals surface area contributed by atoms with Gasteiger partial charge in [0.05, 0.1) is 17.2 Å². The normalized spacial score (nSPS) is 12.5. The molecule has 29 heavy (non-hydrogen) atoms. The average molecular weight is 419 g/mol. The minimum absolute atomic E-state index is 0.0506. The summed E-state index contributed by atoms with van der Waals surface area (Å²) in [6.45, 7) is 2.33. The first kappa shape index (κ1) is 20.8. The molecule has 10 nitrogen and oxygen atoms in total. The predicted octanol–water partition coefficient (Wildman–Crippen LogP) is 1.86. The maximum absolute atomic E-state index is 12.7. The van der Waals surface area contributed by atoms with Crippen LogP contribution in [0.1, 0.15) is 27.2 Å². The van der Waals surface area contributed by atoms with Crippen molar-refractivity contribution in [1.29, 1.82) is 0 Å². The van der Waals surface area contributed by atoms with Crippen LogP contribution < -0.4 is 10.6 Å². The summed E-state index contributed by atoms with van der Waals surface area (Å²) in [6.07, 6.45) is 0. The molecule has 0 spiro atoms. The molecule has 11 heteroatoms. The highest BCUT2D eigenvalue weighted by Gasteiger charge is 2.25. The van der Waals surface area contributed by atoms with Crippen molar-refractivity contribution in [2.24, 2.45) is 0 Å². The molecule has 0 unspecified atom stereocenters. The molecular weight excluding hydrogens is 398 g/mol. The first-order valence-electron chi connectivity index (χ1n) is 8.89. The van der Waals surface area contributed by atoms with Gasteiger partial charge in [-0.25, -0.2) is 4.68 Å². The molecule has 0 fully saturated rings. The van der Waals surface area contributed by atoms with Gasteiger partial charge in [0, 0.05) is 47.9 Å². The van der Waals surface area contributed by atoms with Crippen molar-refractivity contribution in [2.45, 2.75) is 25.0 Å². The summed E-state index contributed by atoms with van der Waals surface area (Å²) in [5, 5.41) is 21.1. The first-order chi connectivity index (χ1) is 13.9. The van der Waals surface area contributed by atoms with Gasteiger partial charge in [0.15, 0.2) is 0 Å². The Bertz CT molecular complexity index is 958. The minimum atomic E-state index is -0.519. The van der Waals surface area contributed by atoms with E-state index in [4.69, 9.17) is 4.74 Å². The van der Waals surface area contributed by atoms with Crippen molar-refractivity contribution < 1.29 is 19.2 Å². The number of rotatable bonds is 8. The van der Waals surface area contributed by atoms with E-state index in [-0.39, 0.29) is 23.7 Å². The lowest BCUT2D eigenvalue weighted by atomic mass is 10.1. The van der Waals surface area contributed by atoms with Crippen molar-refractivity contribution in [3.8, 4) is 0 Å². The minimum Gasteiger partial charge on any atom is -0.383 e. The van der Waals surface area contributed by atoms with Crippen molar-refractivity contribution in [1.82, 2.24) is 15.1 Å². The number of nitro benzene ring substituents is 1. The second-order valence-electron chi connectivity index (χ2n) is 6.48. The Hall–Kier alpha value is -2.92. The highest BCUT2D eigenvalue weighted by atomic mass is 32.2. The summed E-state index contributed by atoms with van der Waals surface area (Å²) in [5.74, 6) is 1.07. The molecule has 0 radical (unpaired) electrons. The molecule has 1 aliphatic heterocycles. The van der Waals surface area contributed by atoms with Crippen molar-refractivity contribution >= 4 is 35.1 Å². The van der Waals surface area contributed by atoms with Crippen LogP contribution in [0.25, 0.3) is 0 Å². The van der Waals surface area contributed by atoms with Gasteiger partial charge >= 0.3 is 0 Å². The number of nitrogens with one attached hydrogen (secondary N) is 2. The van der Waals surface area contributed by atoms with Crippen LogP contribution in [0, 0.1) is 17.0 Å². The number of carbonyl (C=O) groups excluding carboxylic acids is 2. The highest BCUT2D eigenvalue weighted by molar-refractivity contribution is 7.98. The van der Waals surface area contributed by atoms with E-state index in [0.717, 1.165) is 11.3 Å². The lowest BCUT2D eigenvalue weighted by Crippen LogP contribution is -2.31. The molecule has 2 amide bonds. The van der Waals surface area contributed by atoms with Gasteiger partial charge < -0.3 is 15.4 Å². The molecule has 0 saturated carbocycles. The maximum Gasteiger partial charge on any atom is 0.273 e. The van der Waals surface area contributed by atoms with Gasteiger partial charge in [-0.05, 0) is 13.0 Å². The molecule has 2 N–H and O–H groups in total. The zero-order valence-electron chi connectivity index (χ0n) is 16.1. The Balaban J connectivity index is 1.81. The number of fused-ring (bicyclic) bond motifs is 1. The van der Waals surface area contributed by atoms with Crippen LogP contribution in [0.2, 0.25) is 0 Å². The van der Waals surface area contributed by atoms with Crippen LogP contribution in [0.4, 0.5) is 11.5 Å². The number of hydrogen-bond donors (Lipinski definition) is 2. The Morgan fingerprint density at radius 3 is 2.90 bits per heavy atom. The lowest BCUT2D eigenvalue weighted by Gasteiger charge is -2.11. The molecule has 0 saturated heterocycles. The lowest BCUT2D eigenvalue weighted by molar-refractivity contribution is -0.385. The number of aryl methyl sites for hydroxylation is 1. The summed E-state index contributed by atoms with van der Waals surface area (Å²) in [4.78, 5) is 35.5. The molecule has 1 aliphatic rings. The van der Waals surface area contributed by atoms with Gasteiger partial charge in [-0.2, -0.15) is 16.9 Å². The van der Waals surface area contributed by atoms with E-state index in [1.54, 1.807) is 25.8 Å². The van der Waals surface area contributed by atoms with Gasteiger partial charge in [-0.15, -0.1) is 0 Å². The zero-order valence-corrected chi connectivity index (χ0v) is 16.9. The van der Waals surface area contributed by atoms with Gasteiger partial charge in [-0.3, -0.25) is 19.7 Å². The van der Waals surface area contributed by atoms with E-state index in [1.165, 1.54) is 22.9 Å². The number of ether oxygens (including phenoxy) is 1. The molecular formula is C18H21N5O5S. The third kappa shape index (κ3) is 4.74. The highest BCUT2D eigenvalue weighted by Crippen LogP contribution is 2.35. The Labute approximate surface area is 171 Å². The summed E-state index contributed by atoms with van der Waals surface area (Å²) in [7, 11) is 1.55. The standard InChI is InChI=1S/C18H21N5O5S/c1-11-3-4-12(7-15(11)23(26)27)18(25)20-17-13-9-29-10-14(13)21-22(17)8-16(24)19-5-6-28-2/h3-4,7H,5-6,8-10H2,1-2H3,(H,19,24)(H,20,25).